The number of hydrogen-bond donors (Lipinski definition) is 2. The highest BCUT2D eigenvalue weighted by atomic mass is 32.1. The Hall–Kier alpha value is -1.10. The Morgan fingerprint density at radius 3 is 2.87 bits per heavy atom. The Morgan fingerprint density at radius 2 is 2.33 bits per heavy atom. The second kappa shape index (κ2) is 4.61. The molecule has 0 aromatic carbocycles. The fourth-order valence-corrected chi connectivity index (χ4v) is 2.45. The third kappa shape index (κ3) is 2.47. The van der Waals surface area contributed by atoms with Crippen molar-refractivity contribution in [3.8, 4) is 0 Å². The summed E-state index contributed by atoms with van der Waals surface area (Å²) in [5.41, 5.74) is 2.82. The van der Waals surface area contributed by atoms with Crippen LogP contribution in [-0.2, 0) is 6.42 Å². The third-order valence-electron chi connectivity index (χ3n) is 2.29. The summed E-state index contributed by atoms with van der Waals surface area (Å²) in [4.78, 5) is 2.54. The van der Waals surface area contributed by atoms with Crippen LogP contribution >= 0.6 is 11.3 Å². The highest BCUT2D eigenvalue weighted by Gasteiger charge is 2.13. The van der Waals surface area contributed by atoms with Gasteiger partial charge >= 0.3 is 0 Å². The molecule has 3 N–H and O–H groups in total. The minimum absolute atomic E-state index is 0.134. The molecule has 1 atom stereocenters. The molecule has 2 aromatic heterocycles. The van der Waals surface area contributed by atoms with Gasteiger partial charge in [0.25, 0.3) is 0 Å². The number of thiophene rings is 1. The monoisotopic (exact) mass is 222 g/mol. The number of hydrogen-bond acceptors (Lipinski definition) is 4. The number of aryl methyl sites for hydroxylation is 1. The van der Waals surface area contributed by atoms with Gasteiger partial charge in [0.1, 0.15) is 5.76 Å². The van der Waals surface area contributed by atoms with Gasteiger partial charge in [-0.2, -0.15) is 0 Å². The molecule has 0 bridgehead atoms. The molecule has 0 radical (unpaired) electrons. The van der Waals surface area contributed by atoms with Crippen molar-refractivity contribution in [1.82, 2.24) is 5.43 Å². The topological polar surface area (TPSA) is 51.2 Å². The number of rotatable bonds is 4. The molecular formula is C11H14N2OS. The summed E-state index contributed by atoms with van der Waals surface area (Å²) in [5, 5.41) is 0. The minimum atomic E-state index is 0.134. The van der Waals surface area contributed by atoms with E-state index in [0.29, 0.717) is 0 Å². The molecule has 0 aliphatic heterocycles. The largest absolute Gasteiger partial charge is 0.469 e. The molecule has 0 fully saturated rings. The van der Waals surface area contributed by atoms with Crippen LogP contribution in [0.1, 0.15) is 21.6 Å². The molecule has 0 saturated carbocycles. The Labute approximate surface area is 92.9 Å². The zero-order valence-electron chi connectivity index (χ0n) is 8.57. The Kier molecular flexibility index (Phi) is 3.20. The van der Waals surface area contributed by atoms with E-state index in [-0.39, 0.29) is 6.04 Å². The van der Waals surface area contributed by atoms with Gasteiger partial charge < -0.3 is 4.42 Å². The summed E-state index contributed by atoms with van der Waals surface area (Å²) >= 11 is 1.76. The fraction of sp³-hybridized carbons (Fsp3) is 0.273. The Bertz CT molecular complexity index is 408. The smallest absolute Gasteiger partial charge is 0.105 e. The molecular weight excluding hydrogens is 208 g/mol. The van der Waals surface area contributed by atoms with Gasteiger partial charge in [-0.1, -0.05) is 0 Å². The summed E-state index contributed by atoms with van der Waals surface area (Å²) in [6.07, 6.45) is 2.46. The minimum Gasteiger partial charge on any atom is -0.469 e. The molecule has 2 rings (SSSR count). The first-order valence-corrected chi connectivity index (χ1v) is 5.66. The third-order valence-corrected chi connectivity index (χ3v) is 3.41. The van der Waals surface area contributed by atoms with Crippen molar-refractivity contribution >= 4 is 11.3 Å². The number of hydrazine groups is 1. The lowest BCUT2D eigenvalue weighted by Gasteiger charge is -2.12. The molecule has 0 aliphatic rings. The first-order chi connectivity index (χ1) is 7.29. The van der Waals surface area contributed by atoms with Crippen LogP contribution in [0, 0.1) is 6.92 Å². The van der Waals surface area contributed by atoms with E-state index < -0.39 is 0 Å². The van der Waals surface area contributed by atoms with E-state index in [1.54, 1.807) is 17.6 Å². The summed E-state index contributed by atoms with van der Waals surface area (Å²) in [5.74, 6) is 6.49. The molecule has 1 unspecified atom stereocenters. The van der Waals surface area contributed by atoms with Crippen molar-refractivity contribution in [2.24, 2.45) is 5.84 Å². The molecule has 0 aliphatic carbocycles. The normalized spacial score (nSPS) is 12.9. The molecule has 0 saturated heterocycles. The zero-order chi connectivity index (χ0) is 10.7. The lowest BCUT2D eigenvalue weighted by atomic mass is 10.1. The molecule has 2 heterocycles. The fourth-order valence-electron chi connectivity index (χ4n) is 1.51. The van der Waals surface area contributed by atoms with Crippen LogP contribution in [0.2, 0.25) is 0 Å². The van der Waals surface area contributed by atoms with Crippen LogP contribution in [-0.4, -0.2) is 0 Å². The van der Waals surface area contributed by atoms with Crippen LogP contribution in [0.15, 0.2) is 34.9 Å². The lowest BCUT2D eigenvalue weighted by molar-refractivity contribution is 0.458. The second-order valence-electron chi connectivity index (χ2n) is 3.45. The van der Waals surface area contributed by atoms with Crippen molar-refractivity contribution in [3.05, 3.63) is 46.0 Å². The molecule has 3 nitrogen and oxygen atoms in total. The van der Waals surface area contributed by atoms with Gasteiger partial charge in [0, 0.05) is 16.2 Å². The van der Waals surface area contributed by atoms with Crippen LogP contribution in [0.4, 0.5) is 0 Å². The van der Waals surface area contributed by atoms with Gasteiger partial charge in [0.05, 0.1) is 12.3 Å². The summed E-state index contributed by atoms with van der Waals surface area (Å²) < 4.78 is 5.30. The van der Waals surface area contributed by atoms with Crippen molar-refractivity contribution in [2.75, 3.05) is 0 Å². The predicted molar refractivity (Wildman–Crippen MR) is 61.5 cm³/mol. The van der Waals surface area contributed by atoms with Crippen LogP contribution < -0.4 is 11.3 Å². The van der Waals surface area contributed by atoms with Gasteiger partial charge in [0.15, 0.2) is 0 Å². The average Bonchev–Trinajstić information content (AvgIpc) is 2.85. The van der Waals surface area contributed by atoms with Crippen molar-refractivity contribution in [2.45, 2.75) is 19.4 Å². The highest BCUT2D eigenvalue weighted by molar-refractivity contribution is 7.12. The van der Waals surface area contributed by atoms with Crippen molar-refractivity contribution in [3.63, 3.8) is 0 Å². The first-order valence-electron chi connectivity index (χ1n) is 4.84. The Balaban J connectivity index is 2.11. The molecule has 2 aromatic rings. The summed E-state index contributed by atoms with van der Waals surface area (Å²) in [7, 11) is 0. The molecule has 15 heavy (non-hydrogen) atoms. The maximum absolute atomic E-state index is 5.55. The van der Waals surface area contributed by atoms with Crippen LogP contribution in [0.25, 0.3) is 0 Å². The first kappa shape index (κ1) is 10.4. The Morgan fingerprint density at radius 1 is 1.47 bits per heavy atom. The number of nitrogens with one attached hydrogen (secondary N) is 1. The van der Waals surface area contributed by atoms with E-state index in [9.17, 15) is 0 Å². The number of furan rings is 1. The van der Waals surface area contributed by atoms with Crippen molar-refractivity contribution < 1.29 is 4.42 Å². The van der Waals surface area contributed by atoms with Crippen LogP contribution in [0.3, 0.4) is 0 Å². The van der Waals surface area contributed by atoms with E-state index in [2.05, 4.69) is 24.5 Å². The SMILES string of the molecule is Cc1ccc(C(Cc2ccco2)NN)s1. The van der Waals surface area contributed by atoms with Gasteiger partial charge in [-0.25, -0.2) is 0 Å². The zero-order valence-corrected chi connectivity index (χ0v) is 9.38. The highest BCUT2D eigenvalue weighted by Crippen LogP contribution is 2.25. The van der Waals surface area contributed by atoms with E-state index in [0.717, 1.165) is 12.2 Å². The van der Waals surface area contributed by atoms with Gasteiger partial charge in [0.2, 0.25) is 0 Å². The van der Waals surface area contributed by atoms with E-state index >= 15 is 0 Å². The van der Waals surface area contributed by atoms with Crippen LogP contribution in [0.5, 0.6) is 0 Å². The quantitative estimate of drug-likeness (QED) is 0.617. The second-order valence-corrected chi connectivity index (χ2v) is 4.77. The van der Waals surface area contributed by atoms with Gasteiger partial charge in [-0.3, -0.25) is 11.3 Å². The maximum atomic E-state index is 5.55. The van der Waals surface area contributed by atoms with Crippen molar-refractivity contribution in [1.29, 1.82) is 0 Å². The van der Waals surface area contributed by atoms with E-state index in [1.807, 2.05) is 12.1 Å². The molecule has 80 valence electrons. The molecule has 0 amide bonds. The summed E-state index contributed by atoms with van der Waals surface area (Å²) in [6.45, 7) is 2.09. The van der Waals surface area contributed by atoms with E-state index in [1.165, 1.54) is 9.75 Å². The molecule has 4 heteroatoms. The standard InChI is InChI=1S/C11H14N2OS/c1-8-4-5-11(15-8)10(13-12)7-9-3-2-6-14-9/h2-6,10,13H,7,12H2,1H3. The lowest BCUT2D eigenvalue weighted by Crippen LogP contribution is -2.28. The predicted octanol–water partition coefficient (Wildman–Crippen LogP) is 2.40. The number of nitrogens with two attached hydrogens (primary N) is 1. The molecule has 0 spiro atoms. The summed E-state index contributed by atoms with van der Waals surface area (Å²) in [6, 6.07) is 8.20. The maximum Gasteiger partial charge on any atom is 0.105 e. The average molecular weight is 222 g/mol. The van der Waals surface area contributed by atoms with Gasteiger partial charge in [-0.05, 0) is 31.2 Å². The van der Waals surface area contributed by atoms with Gasteiger partial charge in [-0.15, -0.1) is 11.3 Å². The van der Waals surface area contributed by atoms with E-state index in [4.69, 9.17) is 10.3 Å².